The largest absolute Gasteiger partial charge is 0.472 e. The fourth-order valence-corrected chi connectivity index (χ4v) is 2.53. The summed E-state index contributed by atoms with van der Waals surface area (Å²) in [5.41, 5.74) is 0.955. The van der Waals surface area contributed by atoms with Crippen LogP contribution in [0.15, 0.2) is 23.0 Å². The third-order valence-electron chi connectivity index (χ3n) is 3.82. The van der Waals surface area contributed by atoms with E-state index in [4.69, 9.17) is 4.42 Å². The van der Waals surface area contributed by atoms with Gasteiger partial charge < -0.3 is 19.2 Å². The molecule has 0 spiro atoms. The quantitative estimate of drug-likeness (QED) is 0.933. The number of amides is 2. The monoisotopic (exact) mass is 289 g/mol. The van der Waals surface area contributed by atoms with Crippen LogP contribution >= 0.6 is 0 Å². The number of hydrogen-bond donors (Lipinski definition) is 1. The van der Waals surface area contributed by atoms with Crippen molar-refractivity contribution in [2.24, 2.45) is 0 Å². The van der Waals surface area contributed by atoms with E-state index in [2.05, 4.69) is 27.0 Å². The Morgan fingerprint density at radius 2 is 2.33 bits per heavy atom. The molecule has 2 aromatic heterocycles. The molecule has 0 saturated heterocycles. The molecule has 1 atom stereocenters. The van der Waals surface area contributed by atoms with Crippen molar-refractivity contribution >= 4 is 6.03 Å². The smallest absolute Gasteiger partial charge is 0.318 e. The molecule has 0 radical (unpaired) electrons. The van der Waals surface area contributed by atoms with Gasteiger partial charge in [0.05, 0.1) is 25.1 Å². The Labute approximate surface area is 122 Å². The molecule has 0 unspecified atom stereocenters. The third-order valence-corrected chi connectivity index (χ3v) is 3.82. The Bertz CT molecular complexity index is 619. The van der Waals surface area contributed by atoms with Crippen LogP contribution in [0, 0.1) is 0 Å². The summed E-state index contributed by atoms with van der Waals surface area (Å²) in [6.45, 7) is 5.91. The fourth-order valence-electron chi connectivity index (χ4n) is 2.53. The molecular weight excluding hydrogens is 270 g/mol. The number of furan rings is 1. The fraction of sp³-hybridized carbons (Fsp3) is 0.500. The molecule has 0 aliphatic carbocycles. The molecule has 21 heavy (non-hydrogen) atoms. The van der Waals surface area contributed by atoms with E-state index in [1.807, 2.05) is 13.0 Å². The number of aromatic nitrogens is 3. The zero-order valence-electron chi connectivity index (χ0n) is 12.2. The van der Waals surface area contributed by atoms with Gasteiger partial charge in [0.1, 0.15) is 5.82 Å². The van der Waals surface area contributed by atoms with Gasteiger partial charge in [0, 0.05) is 25.1 Å². The van der Waals surface area contributed by atoms with E-state index in [-0.39, 0.29) is 12.1 Å². The van der Waals surface area contributed by atoms with E-state index < -0.39 is 0 Å². The minimum absolute atomic E-state index is 0.0813. The van der Waals surface area contributed by atoms with Gasteiger partial charge in [0.25, 0.3) is 0 Å². The first kappa shape index (κ1) is 13.7. The van der Waals surface area contributed by atoms with Crippen LogP contribution in [-0.2, 0) is 19.5 Å². The maximum Gasteiger partial charge on any atom is 0.318 e. The van der Waals surface area contributed by atoms with Gasteiger partial charge in [-0.05, 0) is 13.0 Å². The van der Waals surface area contributed by atoms with Crippen molar-refractivity contribution in [2.45, 2.75) is 39.4 Å². The van der Waals surface area contributed by atoms with Crippen molar-refractivity contribution in [3.8, 4) is 0 Å². The van der Waals surface area contributed by atoms with Crippen molar-refractivity contribution in [2.75, 3.05) is 6.54 Å². The highest BCUT2D eigenvalue weighted by Gasteiger charge is 2.24. The van der Waals surface area contributed by atoms with Crippen molar-refractivity contribution < 1.29 is 9.21 Å². The summed E-state index contributed by atoms with van der Waals surface area (Å²) in [6, 6.07) is 1.68. The SMILES string of the molecule is CCc1nnc2n1CCN(C(=O)N[C@H](C)c1ccoc1)C2. The average Bonchev–Trinajstić information content (AvgIpc) is 3.15. The summed E-state index contributed by atoms with van der Waals surface area (Å²) >= 11 is 0. The van der Waals surface area contributed by atoms with Crippen LogP contribution in [0.3, 0.4) is 0 Å². The third kappa shape index (κ3) is 2.63. The minimum atomic E-state index is -0.0870. The Kier molecular flexibility index (Phi) is 3.64. The van der Waals surface area contributed by atoms with Crippen LogP contribution < -0.4 is 5.32 Å². The van der Waals surface area contributed by atoms with Crippen LogP contribution in [0.2, 0.25) is 0 Å². The Hall–Kier alpha value is -2.31. The summed E-state index contributed by atoms with van der Waals surface area (Å²) in [5.74, 6) is 1.83. The molecule has 0 fully saturated rings. The number of hydrogen-bond acceptors (Lipinski definition) is 4. The first-order valence-electron chi connectivity index (χ1n) is 7.17. The molecule has 0 aromatic carbocycles. The van der Waals surface area contributed by atoms with E-state index in [1.54, 1.807) is 17.4 Å². The van der Waals surface area contributed by atoms with Gasteiger partial charge in [-0.2, -0.15) is 0 Å². The number of nitrogens with zero attached hydrogens (tertiary/aromatic N) is 4. The standard InChI is InChI=1S/C14H19N5O2/c1-3-12-16-17-13-8-18(5-6-19(12)13)14(20)15-10(2)11-4-7-21-9-11/h4,7,9-10H,3,5-6,8H2,1-2H3,(H,15,20)/t10-/m1/s1. The lowest BCUT2D eigenvalue weighted by Crippen LogP contribution is -2.45. The lowest BCUT2D eigenvalue weighted by Gasteiger charge is -2.29. The zero-order valence-corrected chi connectivity index (χ0v) is 12.2. The zero-order chi connectivity index (χ0) is 14.8. The first-order chi connectivity index (χ1) is 10.2. The summed E-state index contributed by atoms with van der Waals surface area (Å²) < 4.78 is 7.14. The predicted molar refractivity (Wildman–Crippen MR) is 75.5 cm³/mol. The van der Waals surface area contributed by atoms with E-state index >= 15 is 0 Å². The van der Waals surface area contributed by atoms with Crippen LogP contribution in [0.5, 0.6) is 0 Å². The number of urea groups is 1. The Morgan fingerprint density at radius 3 is 3.05 bits per heavy atom. The van der Waals surface area contributed by atoms with E-state index in [0.29, 0.717) is 13.1 Å². The summed E-state index contributed by atoms with van der Waals surface area (Å²) in [7, 11) is 0. The number of carbonyl (C=O) groups is 1. The van der Waals surface area contributed by atoms with Crippen molar-refractivity contribution in [3.05, 3.63) is 35.8 Å². The molecule has 2 aromatic rings. The number of rotatable bonds is 3. The second-order valence-corrected chi connectivity index (χ2v) is 5.19. The summed E-state index contributed by atoms with van der Waals surface area (Å²) in [5, 5.41) is 11.3. The highest BCUT2D eigenvalue weighted by molar-refractivity contribution is 5.74. The van der Waals surface area contributed by atoms with Gasteiger partial charge in [-0.15, -0.1) is 10.2 Å². The molecule has 0 saturated carbocycles. The van der Waals surface area contributed by atoms with E-state index in [1.165, 1.54) is 0 Å². The molecule has 1 aliphatic heterocycles. The number of nitrogens with one attached hydrogen (secondary N) is 1. The van der Waals surface area contributed by atoms with Gasteiger partial charge in [0.15, 0.2) is 5.82 Å². The van der Waals surface area contributed by atoms with Crippen LogP contribution in [0.25, 0.3) is 0 Å². The van der Waals surface area contributed by atoms with Crippen LogP contribution in [-0.4, -0.2) is 32.2 Å². The van der Waals surface area contributed by atoms with Crippen molar-refractivity contribution in [1.82, 2.24) is 25.0 Å². The maximum absolute atomic E-state index is 12.3. The van der Waals surface area contributed by atoms with Gasteiger partial charge >= 0.3 is 6.03 Å². The second-order valence-electron chi connectivity index (χ2n) is 5.19. The molecule has 2 amide bonds. The first-order valence-corrected chi connectivity index (χ1v) is 7.17. The lowest BCUT2D eigenvalue weighted by molar-refractivity contribution is 0.178. The summed E-state index contributed by atoms with van der Waals surface area (Å²) in [6.07, 6.45) is 4.11. The van der Waals surface area contributed by atoms with E-state index in [0.717, 1.165) is 30.2 Å². The van der Waals surface area contributed by atoms with Crippen LogP contribution in [0.4, 0.5) is 4.79 Å². The van der Waals surface area contributed by atoms with Crippen LogP contribution in [0.1, 0.15) is 37.1 Å². The average molecular weight is 289 g/mol. The molecule has 112 valence electrons. The highest BCUT2D eigenvalue weighted by atomic mass is 16.3. The van der Waals surface area contributed by atoms with Gasteiger partial charge in [-0.25, -0.2) is 4.79 Å². The number of aryl methyl sites for hydroxylation is 1. The molecule has 1 aliphatic rings. The molecular formula is C14H19N5O2. The highest BCUT2D eigenvalue weighted by Crippen LogP contribution is 2.16. The molecule has 0 bridgehead atoms. The normalized spacial score (nSPS) is 15.6. The molecule has 7 heteroatoms. The summed E-state index contributed by atoms with van der Waals surface area (Å²) in [4.78, 5) is 14.1. The molecule has 3 heterocycles. The van der Waals surface area contributed by atoms with Gasteiger partial charge in [0.2, 0.25) is 0 Å². The number of fused-ring (bicyclic) bond motifs is 1. The van der Waals surface area contributed by atoms with Gasteiger partial charge in [-0.1, -0.05) is 6.92 Å². The second kappa shape index (κ2) is 5.59. The van der Waals surface area contributed by atoms with Gasteiger partial charge in [-0.3, -0.25) is 0 Å². The Balaban J connectivity index is 1.64. The molecule has 1 N–H and O–H groups in total. The molecule has 3 rings (SSSR count). The predicted octanol–water partition coefficient (Wildman–Crippen LogP) is 1.72. The van der Waals surface area contributed by atoms with Crippen molar-refractivity contribution in [3.63, 3.8) is 0 Å². The maximum atomic E-state index is 12.3. The topological polar surface area (TPSA) is 76.2 Å². The molecule has 7 nitrogen and oxygen atoms in total. The van der Waals surface area contributed by atoms with E-state index in [9.17, 15) is 4.79 Å². The van der Waals surface area contributed by atoms with Crippen molar-refractivity contribution in [1.29, 1.82) is 0 Å². The number of carbonyl (C=O) groups excluding carboxylic acids is 1. The Morgan fingerprint density at radius 1 is 1.48 bits per heavy atom. The minimum Gasteiger partial charge on any atom is -0.472 e. The lowest BCUT2D eigenvalue weighted by atomic mass is 10.2.